The van der Waals surface area contributed by atoms with Gasteiger partial charge in [0.1, 0.15) is 11.5 Å². The van der Waals surface area contributed by atoms with Crippen molar-refractivity contribution in [3.05, 3.63) is 47.7 Å². The summed E-state index contributed by atoms with van der Waals surface area (Å²) in [4.78, 5) is 0. The number of nitrogens with one attached hydrogen (secondary N) is 1. The van der Waals surface area contributed by atoms with E-state index in [9.17, 15) is 13.2 Å². The number of halogens is 3. The van der Waals surface area contributed by atoms with Crippen LogP contribution in [0.1, 0.15) is 18.2 Å². The third-order valence-corrected chi connectivity index (χ3v) is 2.56. The minimum absolute atomic E-state index is 0.497. The lowest BCUT2D eigenvalue weighted by Crippen LogP contribution is -2.03. The number of furan rings is 1. The van der Waals surface area contributed by atoms with Gasteiger partial charge in [-0.05, 0) is 31.2 Å². The van der Waals surface area contributed by atoms with E-state index >= 15 is 0 Å². The molecule has 0 saturated heterocycles. The van der Waals surface area contributed by atoms with Crippen LogP contribution in [0, 0.1) is 0 Å². The molecule has 0 aliphatic carbocycles. The Balaban J connectivity index is 0.000000816. The van der Waals surface area contributed by atoms with E-state index in [1.165, 1.54) is 18.3 Å². The van der Waals surface area contributed by atoms with E-state index in [1.807, 2.05) is 6.92 Å². The molecular weight excluding hydrogens is 327 g/mol. The van der Waals surface area contributed by atoms with Gasteiger partial charge in [-0.1, -0.05) is 24.4 Å². The van der Waals surface area contributed by atoms with Crippen molar-refractivity contribution in [1.82, 2.24) is 5.43 Å². The molecule has 0 amide bonds. The third kappa shape index (κ3) is 6.11. The molecule has 2 rings (SSSR count). The predicted molar refractivity (Wildman–Crippen MR) is 88.3 cm³/mol. The van der Waals surface area contributed by atoms with Gasteiger partial charge in [0.2, 0.25) is 0 Å². The maximum atomic E-state index is 12.5. The number of benzene rings is 1. The summed E-state index contributed by atoms with van der Waals surface area (Å²) in [6.45, 7) is 2.61. The summed E-state index contributed by atoms with van der Waals surface area (Å²) < 4.78 is 42.8. The highest BCUT2D eigenvalue weighted by atomic mass is 32.1. The van der Waals surface area contributed by atoms with E-state index < -0.39 is 11.7 Å². The van der Waals surface area contributed by atoms with Crippen molar-refractivity contribution >= 4 is 23.9 Å². The second-order valence-corrected chi connectivity index (χ2v) is 4.46. The summed E-state index contributed by atoms with van der Waals surface area (Å²) in [5.41, 5.74) is 8.28. The molecule has 2 aromatic rings. The summed E-state index contributed by atoms with van der Waals surface area (Å²) in [5.74, 6) is 1.03. The monoisotopic (exact) mass is 343 g/mol. The molecule has 0 atom stereocenters. The van der Waals surface area contributed by atoms with E-state index in [-0.39, 0.29) is 0 Å². The van der Waals surface area contributed by atoms with Crippen molar-refractivity contribution in [2.45, 2.75) is 13.1 Å². The van der Waals surface area contributed by atoms with Gasteiger partial charge < -0.3 is 15.6 Å². The maximum absolute atomic E-state index is 12.5. The smallest absolute Gasteiger partial charge is 0.416 e. The highest BCUT2D eigenvalue weighted by Crippen LogP contribution is 2.31. The number of hydrazone groups is 1. The summed E-state index contributed by atoms with van der Waals surface area (Å²) in [6, 6.07) is 8.22. The predicted octanol–water partition coefficient (Wildman–Crippen LogP) is 3.81. The highest BCUT2D eigenvalue weighted by Gasteiger charge is 2.30. The Labute approximate surface area is 137 Å². The van der Waals surface area contributed by atoms with Crippen LogP contribution in [0.25, 0.3) is 11.3 Å². The summed E-state index contributed by atoms with van der Waals surface area (Å²) in [5, 5.41) is 3.90. The molecule has 0 bridgehead atoms. The lowest BCUT2D eigenvalue weighted by atomic mass is 10.1. The molecule has 124 valence electrons. The Morgan fingerprint density at radius 3 is 2.35 bits per heavy atom. The minimum atomic E-state index is -4.33. The van der Waals surface area contributed by atoms with E-state index in [1.54, 1.807) is 12.1 Å². The molecule has 0 unspecified atom stereocenters. The first-order valence-corrected chi connectivity index (χ1v) is 7.08. The second-order valence-electron chi connectivity index (χ2n) is 4.18. The number of nitrogens with zero attached hydrogens (tertiary/aromatic N) is 1. The Kier molecular flexibility index (Phi) is 7.27. The number of rotatable bonds is 4. The minimum Gasteiger partial charge on any atom is -0.455 e. The highest BCUT2D eigenvalue weighted by molar-refractivity contribution is 7.78. The topological polar surface area (TPSA) is 63.5 Å². The number of nitrogens with two attached hydrogens (primary N) is 1. The van der Waals surface area contributed by atoms with Gasteiger partial charge in [-0.15, -0.1) is 0 Å². The van der Waals surface area contributed by atoms with Crippen LogP contribution in [0.2, 0.25) is 0 Å². The SMILES string of the molecule is CCN/N=C\c1ccc(-c2ccc(C(F)(F)F)cc2)o1.NC=S. The van der Waals surface area contributed by atoms with Crippen molar-refractivity contribution in [2.75, 3.05) is 6.54 Å². The molecule has 1 aromatic heterocycles. The standard InChI is InChI=1S/C14H13F3N2O.CH3NS/c1-2-18-19-9-12-7-8-13(20-12)10-3-5-11(6-4-10)14(15,16)17;2-1-3/h3-9,18H,2H2,1H3;1H,(H2,2,3)/b19-9-;. The van der Waals surface area contributed by atoms with Crippen molar-refractivity contribution in [3.8, 4) is 11.3 Å². The first-order valence-electron chi connectivity index (χ1n) is 6.61. The van der Waals surface area contributed by atoms with Crippen LogP contribution in [0.5, 0.6) is 0 Å². The molecule has 0 spiro atoms. The van der Waals surface area contributed by atoms with Crippen molar-refractivity contribution in [2.24, 2.45) is 10.8 Å². The largest absolute Gasteiger partial charge is 0.455 e. The summed E-state index contributed by atoms with van der Waals surface area (Å²) >= 11 is 4.05. The van der Waals surface area contributed by atoms with Gasteiger partial charge in [-0.2, -0.15) is 18.3 Å². The van der Waals surface area contributed by atoms with Gasteiger partial charge in [-0.25, -0.2) is 0 Å². The van der Waals surface area contributed by atoms with E-state index in [0.29, 0.717) is 23.6 Å². The zero-order chi connectivity index (χ0) is 17.3. The normalized spacial score (nSPS) is 11.0. The molecule has 4 nitrogen and oxygen atoms in total. The van der Waals surface area contributed by atoms with E-state index in [4.69, 9.17) is 4.42 Å². The summed E-state index contributed by atoms with van der Waals surface area (Å²) in [7, 11) is 0. The van der Waals surface area contributed by atoms with Gasteiger partial charge >= 0.3 is 6.18 Å². The van der Waals surface area contributed by atoms with Crippen LogP contribution in [0.15, 0.2) is 45.9 Å². The van der Waals surface area contributed by atoms with Crippen LogP contribution in [0.3, 0.4) is 0 Å². The fourth-order valence-corrected chi connectivity index (χ4v) is 1.60. The molecule has 0 aliphatic rings. The fourth-order valence-electron chi connectivity index (χ4n) is 1.60. The number of hydrogen-bond donors (Lipinski definition) is 2. The molecule has 1 heterocycles. The van der Waals surface area contributed by atoms with Crippen LogP contribution in [0.4, 0.5) is 13.2 Å². The quantitative estimate of drug-likeness (QED) is 0.503. The Morgan fingerprint density at radius 2 is 1.83 bits per heavy atom. The van der Waals surface area contributed by atoms with Crippen LogP contribution < -0.4 is 11.2 Å². The molecule has 1 aromatic carbocycles. The van der Waals surface area contributed by atoms with Gasteiger partial charge in [0.15, 0.2) is 0 Å². The van der Waals surface area contributed by atoms with Crippen molar-refractivity contribution in [3.63, 3.8) is 0 Å². The average molecular weight is 343 g/mol. The van der Waals surface area contributed by atoms with E-state index in [2.05, 4.69) is 28.5 Å². The Bertz CT molecular complexity index is 636. The van der Waals surface area contributed by atoms with Gasteiger partial charge in [-0.3, -0.25) is 0 Å². The number of hydrogen-bond acceptors (Lipinski definition) is 4. The van der Waals surface area contributed by atoms with E-state index in [0.717, 1.165) is 17.6 Å². The molecule has 23 heavy (non-hydrogen) atoms. The fraction of sp³-hybridized carbons (Fsp3) is 0.200. The van der Waals surface area contributed by atoms with Crippen LogP contribution in [-0.4, -0.2) is 18.3 Å². The second kappa shape index (κ2) is 8.94. The van der Waals surface area contributed by atoms with Crippen molar-refractivity contribution < 1.29 is 17.6 Å². The third-order valence-electron chi connectivity index (χ3n) is 2.56. The molecule has 0 fully saturated rings. The molecule has 0 saturated carbocycles. The molecular formula is C15H16F3N3OS. The zero-order valence-electron chi connectivity index (χ0n) is 12.3. The van der Waals surface area contributed by atoms with Gasteiger partial charge in [0, 0.05) is 12.1 Å². The molecule has 0 aliphatic heterocycles. The molecule has 3 N–H and O–H groups in total. The lowest BCUT2D eigenvalue weighted by Gasteiger charge is -2.06. The molecule has 0 radical (unpaired) electrons. The Hall–Kier alpha value is -2.35. The van der Waals surface area contributed by atoms with Crippen LogP contribution in [-0.2, 0) is 6.18 Å². The van der Waals surface area contributed by atoms with Gasteiger partial charge in [0.25, 0.3) is 0 Å². The first-order chi connectivity index (χ1) is 10.9. The maximum Gasteiger partial charge on any atom is 0.416 e. The Morgan fingerprint density at radius 1 is 1.22 bits per heavy atom. The number of thiocarbonyl (C=S) groups is 1. The van der Waals surface area contributed by atoms with Crippen LogP contribution >= 0.6 is 12.2 Å². The zero-order valence-corrected chi connectivity index (χ0v) is 13.1. The number of alkyl halides is 3. The van der Waals surface area contributed by atoms with Gasteiger partial charge in [0.05, 0.1) is 17.3 Å². The lowest BCUT2D eigenvalue weighted by molar-refractivity contribution is -0.137. The van der Waals surface area contributed by atoms with Crippen molar-refractivity contribution in [1.29, 1.82) is 0 Å². The first kappa shape index (κ1) is 18.7. The average Bonchev–Trinajstić information content (AvgIpc) is 2.96. The summed E-state index contributed by atoms with van der Waals surface area (Å²) in [6.07, 6.45) is -2.82. The molecule has 8 heteroatoms.